The summed E-state index contributed by atoms with van der Waals surface area (Å²) in [5.41, 5.74) is 4.21. The fourth-order valence-electron chi connectivity index (χ4n) is 2.73. The zero-order valence-corrected chi connectivity index (χ0v) is 14.5. The molecule has 0 atom stereocenters. The van der Waals surface area contributed by atoms with E-state index < -0.39 is 11.6 Å². The minimum absolute atomic E-state index is 0.406. The van der Waals surface area contributed by atoms with Crippen molar-refractivity contribution < 1.29 is 19.1 Å². The lowest BCUT2D eigenvalue weighted by Crippen LogP contribution is -2.18. The Bertz CT molecular complexity index is 697. The third-order valence-electron chi connectivity index (χ3n) is 4.19. The molecule has 0 saturated carbocycles. The van der Waals surface area contributed by atoms with Gasteiger partial charge in [-0.1, -0.05) is 36.4 Å². The van der Waals surface area contributed by atoms with Crippen molar-refractivity contribution in [3.63, 3.8) is 0 Å². The summed E-state index contributed by atoms with van der Waals surface area (Å²) in [5, 5.41) is 0. The monoisotopic (exact) mass is 326 g/mol. The Balaban J connectivity index is 2.39. The first-order valence-corrected chi connectivity index (χ1v) is 7.75. The second kappa shape index (κ2) is 7.99. The van der Waals surface area contributed by atoms with Gasteiger partial charge in [0.25, 0.3) is 0 Å². The quantitative estimate of drug-likeness (QED) is 0.575. The van der Waals surface area contributed by atoms with E-state index in [9.17, 15) is 9.59 Å². The van der Waals surface area contributed by atoms with Gasteiger partial charge in [0.05, 0.1) is 13.2 Å². The number of benzene rings is 2. The molecule has 24 heavy (non-hydrogen) atoms. The number of carbonyl (C=O) groups excluding carboxylic acids is 2. The van der Waals surface area contributed by atoms with Crippen LogP contribution in [0.1, 0.15) is 43.0 Å². The van der Waals surface area contributed by atoms with Gasteiger partial charge in [0.1, 0.15) is 0 Å². The second-order valence-corrected chi connectivity index (χ2v) is 5.70. The molecule has 2 aromatic carbocycles. The molecule has 0 saturated heterocycles. The summed E-state index contributed by atoms with van der Waals surface area (Å²) >= 11 is 0. The number of ether oxygens (including phenoxy) is 2. The van der Waals surface area contributed by atoms with E-state index in [1.807, 2.05) is 26.0 Å². The average molecular weight is 326 g/mol. The lowest BCUT2D eigenvalue weighted by atomic mass is 9.92. The van der Waals surface area contributed by atoms with Gasteiger partial charge in [-0.25, -0.2) is 0 Å². The maximum Gasteiger partial charge on any atom is 0.233 e. The molecule has 0 bridgehead atoms. The summed E-state index contributed by atoms with van der Waals surface area (Å²) in [6.45, 7) is 4.49. The molecule has 0 spiro atoms. The Kier molecular flexibility index (Phi) is 6.01. The summed E-state index contributed by atoms with van der Waals surface area (Å²) < 4.78 is 10.3. The lowest BCUT2D eigenvalue weighted by molar-refractivity contribution is 0.0815. The first-order chi connectivity index (χ1) is 11.5. The van der Waals surface area contributed by atoms with E-state index in [0.29, 0.717) is 24.3 Å². The molecule has 2 aromatic rings. The Morgan fingerprint density at radius 3 is 1.46 bits per heavy atom. The SMILES string of the molecule is COCc1cccc(C(=O)C(=O)c2cccc(COC)c2C)c1C. The minimum Gasteiger partial charge on any atom is -0.380 e. The highest BCUT2D eigenvalue weighted by Gasteiger charge is 2.23. The van der Waals surface area contributed by atoms with E-state index in [1.165, 1.54) is 0 Å². The summed E-state index contributed by atoms with van der Waals surface area (Å²) in [7, 11) is 3.20. The molecule has 0 amide bonds. The number of Topliss-reactive ketones (excluding diaryl/α,β-unsaturated/α-hetero) is 2. The standard InChI is InChI=1S/C20H22O4/c1-13-15(11-23-3)7-5-9-17(13)19(21)20(22)18-10-6-8-16(12-24-4)14(18)2/h5-10H,11-12H2,1-4H3. The lowest BCUT2D eigenvalue weighted by Gasteiger charge is -2.12. The summed E-state index contributed by atoms with van der Waals surface area (Å²) in [4.78, 5) is 25.4. The smallest absolute Gasteiger partial charge is 0.233 e. The molecule has 0 fully saturated rings. The van der Waals surface area contributed by atoms with Crippen LogP contribution in [-0.4, -0.2) is 25.8 Å². The van der Waals surface area contributed by atoms with Crippen LogP contribution in [0.5, 0.6) is 0 Å². The van der Waals surface area contributed by atoms with Crippen molar-refractivity contribution in [2.45, 2.75) is 27.1 Å². The van der Waals surface area contributed by atoms with E-state index in [1.54, 1.807) is 38.5 Å². The summed E-state index contributed by atoms with van der Waals surface area (Å²) in [6.07, 6.45) is 0. The van der Waals surface area contributed by atoms with Gasteiger partial charge in [0.2, 0.25) is 11.6 Å². The Hall–Kier alpha value is -2.30. The Morgan fingerprint density at radius 2 is 1.12 bits per heavy atom. The number of ketones is 2. The van der Waals surface area contributed by atoms with Gasteiger partial charge in [-0.05, 0) is 36.1 Å². The molecule has 0 aliphatic heterocycles. The number of hydrogen-bond acceptors (Lipinski definition) is 4. The van der Waals surface area contributed by atoms with E-state index >= 15 is 0 Å². The van der Waals surface area contributed by atoms with Gasteiger partial charge in [-0.3, -0.25) is 9.59 Å². The van der Waals surface area contributed by atoms with Crippen LogP contribution in [0.2, 0.25) is 0 Å². The number of hydrogen-bond donors (Lipinski definition) is 0. The maximum absolute atomic E-state index is 12.7. The second-order valence-electron chi connectivity index (χ2n) is 5.70. The minimum atomic E-state index is -0.497. The molecule has 0 N–H and O–H groups in total. The fourth-order valence-corrected chi connectivity index (χ4v) is 2.73. The molecule has 0 radical (unpaired) electrons. The molecule has 0 unspecified atom stereocenters. The van der Waals surface area contributed by atoms with Crippen LogP contribution in [0, 0.1) is 13.8 Å². The van der Waals surface area contributed by atoms with Crippen LogP contribution in [0.25, 0.3) is 0 Å². The first-order valence-electron chi connectivity index (χ1n) is 7.75. The highest BCUT2D eigenvalue weighted by Crippen LogP contribution is 2.20. The predicted octanol–water partition coefficient (Wildman–Crippen LogP) is 3.66. The van der Waals surface area contributed by atoms with Crippen LogP contribution in [0.4, 0.5) is 0 Å². The van der Waals surface area contributed by atoms with Crippen molar-refractivity contribution in [2.24, 2.45) is 0 Å². The first kappa shape index (κ1) is 18.0. The molecule has 4 heteroatoms. The molecule has 0 heterocycles. The summed E-state index contributed by atoms with van der Waals surface area (Å²) in [6, 6.07) is 10.7. The van der Waals surface area contributed by atoms with Gasteiger partial charge >= 0.3 is 0 Å². The highest BCUT2D eigenvalue weighted by atomic mass is 16.5. The third kappa shape index (κ3) is 3.61. The topological polar surface area (TPSA) is 52.6 Å². The normalized spacial score (nSPS) is 10.7. The Labute approximate surface area is 142 Å². The van der Waals surface area contributed by atoms with Gasteiger partial charge in [0, 0.05) is 25.3 Å². The van der Waals surface area contributed by atoms with Crippen molar-refractivity contribution in [1.82, 2.24) is 0 Å². The van der Waals surface area contributed by atoms with Crippen LogP contribution >= 0.6 is 0 Å². The van der Waals surface area contributed by atoms with Crippen molar-refractivity contribution in [3.05, 3.63) is 69.8 Å². The van der Waals surface area contributed by atoms with E-state index in [-0.39, 0.29) is 0 Å². The van der Waals surface area contributed by atoms with Gasteiger partial charge in [-0.15, -0.1) is 0 Å². The average Bonchev–Trinajstić information content (AvgIpc) is 2.58. The van der Waals surface area contributed by atoms with E-state index in [0.717, 1.165) is 22.3 Å². The zero-order chi connectivity index (χ0) is 17.7. The number of carbonyl (C=O) groups is 2. The fraction of sp³-hybridized carbons (Fsp3) is 0.300. The van der Waals surface area contributed by atoms with Crippen LogP contribution in [0.3, 0.4) is 0 Å². The van der Waals surface area contributed by atoms with Crippen molar-refractivity contribution in [2.75, 3.05) is 14.2 Å². The molecule has 0 aliphatic rings. The number of methoxy groups -OCH3 is 2. The predicted molar refractivity (Wildman–Crippen MR) is 92.4 cm³/mol. The van der Waals surface area contributed by atoms with Gasteiger partial charge < -0.3 is 9.47 Å². The molecule has 0 aliphatic carbocycles. The summed E-state index contributed by atoms with van der Waals surface area (Å²) in [5.74, 6) is -0.994. The Morgan fingerprint density at radius 1 is 0.750 bits per heavy atom. The van der Waals surface area contributed by atoms with E-state index in [4.69, 9.17) is 9.47 Å². The largest absolute Gasteiger partial charge is 0.380 e. The third-order valence-corrected chi connectivity index (χ3v) is 4.19. The van der Waals surface area contributed by atoms with Crippen LogP contribution in [-0.2, 0) is 22.7 Å². The van der Waals surface area contributed by atoms with Crippen LogP contribution < -0.4 is 0 Å². The molecular weight excluding hydrogens is 304 g/mol. The highest BCUT2D eigenvalue weighted by molar-refractivity contribution is 6.49. The van der Waals surface area contributed by atoms with Crippen molar-refractivity contribution >= 4 is 11.6 Å². The maximum atomic E-state index is 12.7. The number of rotatable bonds is 7. The van der Waals surface area contributed by atoms with Crippen molar-refractivity contribution in [3.8, 4) is 0 Å². The molecule has 0 aromatic heterocycles. The van der Waals surface area contributed by atoms with Gasteiger partial charge in [0.15, 0.2) is 0 Å². The molecule has 2 rings (SSSR count). The van der Waals surface area contributed by atoms with E-state index in [2.05, 4.69) is 0 Å². The van der Waals surface area contributed by atoms with Crippen LogP contribution in [0.15, 0.2) is 36.4 Å². The molecule has 126 valence electrons. The zero-order valence-electron chi connectivity index (χ0n) is 14.5. The molecule has 4 nitrogen and oxygen atoms in total. The van der Waals surface area contributed by atoms with Gasteiger partial charge in [-0.2, -0.15) is 0 Å². The molecular formula is C20H22O4. The van der Waals surface area contributed by atoms with Crippen molar-refractivity contribution in [1.29, 1.82) is 0 Å².